The third kappa shape index (κ3) is 1.35. The number of rotatable bonds is 1. The van der Waals surface area contributed by atoms with Crippen molar-refractivity contribution in [3.8, 4) is 11.3 Å². The Morgan fingerprint density at radius 1 is 1.06 bits per heavy atom. The topological polar surface area (TPSA) is 30.2 Å². The second-order valence-electron chi connectivity index (χ2n) is 3.44. The molecule has 2 aromatic heterocycles. The first kappa shape index (κ1) is 9.03. The van der Waals surface area contributed by atoms with Crippen LogP contribution in [0.15, 0.2) is 48.8 Å². The fourth-order valence-corrected chi connectivity index (χ4v) is 1.70. The molecule has 3 rings (SSSR count). The van der Waals surface area contributed by atoms with E-state index in [1.807, 2.05) is 18.2 Å². The van der Waals surface area contributed by atoms with E-state index < -0.39 is 0 Å². The maximum absolute atomic E-state index is 13.1. The average molecular weight is 213 g/mol. The van der Waals surface area contributed by atoms with Gasteiger partial charge in [-0.2, -0.15) is 5.10 Å². The molecule has 0 spiro atoms. The molecule has 0 radical (unpaired) electrons. The number of benzene rings is 1. The lowest BCUT2D eigenvalue weighted by Gasteiger charge is -2.04. The van der Waals surface area contributed by atoms with Gasteiger partial charge >= 0.3 is 0 Å². The lowest BCUT2D eigenvalue weighted by molar-refractivity contribution is 0.628. The number of hydrogen-bond acceptors (Lipinski definition) is 2. The molecule has 0 unspecified atom stereocenters. The van der Waals surface area contributed by atoms with Gasteiger partial charge in [0, 0.05) is 17.8 Å². The van der Waals surface area contributed by atoms with Gasteiger partial charge in [0.2, 0.25) is 0 Å². The molecule has 0 amide bonds. The molecule has 0 atom stereocenters. The second kappa shape index (κ2) is 3.41. The molecule has 2 heterocycles. The zero-order valence-electron chi connectivity index (χ0n) is 8.34. The number of aromatic nitrogens is 3. The Morgan fingerprint density at radius 2 is 2.00 bits per heavy atom. The van der Waals surface area contributed by atoms with E-state index in [1.54, 1.807) is 23.0 Å². The minimum atomic E-state index is -0.255. The summed E-state index contributed by atoms with van der Waals surface area (Å²) in [4.78, 5) is 4.16. The van der Waals surface area contributed by atoms with Crippen LogP contribution in [-0.4, -0.2) is 14.6 Å². The molecule has 16 heavy (non-hydrogen) atoms. The Labute approximate surface area is 91.2 Å². The van der Waals surface area contributed by atoms with E-state index >= 15 is 0 Å². The molecule has 3 aromatic rings. The molecule has 3 nitrogen and oxygen atoms in total. The molecule has 0 N–H and O–H groups in total. The molecule has 0 saturated carbocycles. The van der Waals surface area contributed by atoms with Gasteiger partial charge in [-0.3, -0.25) is 0 Å². The Kier molecular flexibility index (Phi) is 1.93. The van der Waals surface area contributed by atoms with E-state index in [-0.39, 0.29) is 5.82 Å². The van der Waals surface area contributed by atoms with E-state index in [0.717, 1.165) is 16.9 Å². The van der Waals surface area contributed by atoms with E-state index in [2.05, 4.69) is 10.1 Å². The molecule has 0 bridgehead atoms. The van der Waals surface area contributed by atoms with E-state index in [1.165, 1.54) is 12.1 Å². The zero-order valence-corrected chi connectivity index (χ0v) is 8.34. The molecule has 78 valence electrons. The molecular weight excluding hydrogens is 205 g/mol. The molecule has 0 saturated heterocycles. The van der Waals surface area contributed by atoms with Crippen LogP contribution >= 0.6 is 0 Å². The smallest absolute Gasteiger partial charge is 0.155 e. The summed E-state index contributed by atoms with van der Waals surface area (Å²) in [5, 5.41) is 4.16. The number of nitrogens with zero attached hydrogens (tertiary/aromatic N) is 3. The standard InChI is InChI=1S/C12H8FN3/c13-10-3-1-2-9(8-10)11-4-6-14-12-5-7-15-16(11)12/h1-8H. The van der Waals surface area contributed by atoms with Crippen LogP contribution in [0.2, 0.25) is 0 Å². The molecule has 0 aliphatic carbocycles. The van der Waals surface area contributed by atoms with Gasteiger partial charge in [-0.05, 0) is 18.2 Å². The summed E-state index contributed by atoms with van der Waals surface area (Å²) in [5.74, 6) is -0.255. The quantitative estimate of drug-likeness (QED) is 0.621. The SMILES string of the molecule is Fc1cccc(-c2ccnc3ccnn23)c1. The molecule has 1 aromatic carbocycles. The highest BCUT2D eigenvalue weighted by atomic mass is 19.1. The summed E-state index contributed by atoms with van der Waals surface area (Å²) in [6.45, 7) is 0. The maximum atomic E-state index is 13.1. The van der Waals surface area contributed by atoms with Crippen molar-refractivity contribution < 1.29 is 4.39 Å². The van der Waals surface area contributed by atoms with Gasteiger partial charge in [0.15, 0.2) is 5.65 Å². The van der Waals surface area contributed by atoms with Crippen LogP contribution in [0.4, 0.5) is 4.39 Å². The molecule has 0 aliphatic rings. The summed E-state index contributed by atoms with van der Waals surface area (Å²) < 4.78 is 14.8. The Hall–Kier alpha value is -2.23. The number of hydrogen-bond donors (Lipinski definition) is 0. The fraction of sp³-hybridized carbons (Fsp3) is 0. The highest BCUT2D eigenvalue weighted by Gasteiger charge is 2.04. The van der Waals surface area contributed by atoms with E-state index in [0.29, 0.717) is 0 Å². The van der Waals surface area contributed by atoms with Gasteiger partial charge in [-0.1, -0.05) is 12.1 Å². The average Bonchev–Trinajstić information content (AvgIpc) is 2.76. The second-order valence-corrected chi connectivity index (χ2v) is 3.44. The largest absolute Gasteiger partial charge is 0.237 e. The zero-order chi connectivity index (χ0) is 11.0. The van der Waals surface area contributed by atoms with E-state index in [4.69, 9.17) is 0 Å². The third-order valence-electron chi connectivity index (χ3n) is 2.41. The highest BCUT2D eigenvalue weighted by molar-refractivity contribution is 5.62. The lowest BCUT2D eigenvalue weighted by Crippen LogP contribution is -1.95. The Morgan fingerprint density at radius 3 is 2.88 bits per heavy atom. The van der Waals surface area contributed by atoms with Crippen LogP contribution in [0, 0.1) is 5.82 Å². The van der Waals surface area contributed by atoms with Gasteiger partial charge in [0.1, 0.15) is 5.82 Å². The lowest BCUT2D eigenvalue weighted by atomic mass is 10.1. The summed E-state index contributed by atoms with van der Waals surface area (Å²) in [6, 6.07) is 10.1. The van der Waals surface area contributed by atoms with Gasteiger partial charge in [0.25, 0.3) is 0 Å². The first-order chi connectivity index (χ1) is 7.84. The van der Waals surface area contributed by atoms with Crippen LogP contribution in [0.5, 0.6) is 0 Å². The van der Waals surface area contributed by atoms with Crippen molar-refractivity contribution in [1.29, 1.82) is 0 Å². The third-order valence-corrected chi connectivity index (χ3v) is 2.41. The van der Waals surface area contributed by atoms with Gasteiger partial charge in [0.05, 0.1) is 11.9 Å². The van der Waals surface area contributed by atoms with Crippen molar-refractivity contribution in [2.45, 2.75) is 0 Å². The van der Waals surface area contributed by atoms with Crippen LogP contribution in [0.3, 0.4) is 0 Å². The molecular formula is C12H8FN3. The minimum absolute atomic E-state index is 0.255. The monoisotopic (exact) mass is 213 g/mol. The van der Waals surface area contributed by atoms with Crippen molar-refractivity contribution in [3.05, 3.63) is 54.6 Å². The Balaban J connectivity index is 2.29. The normalized spacial score (nSPS) is 10.8. The van der Waals surface area contributed by atoms with Gasteiger partial charge < -0.3 is 0 Å². The number of halogens is 1. The maximum Gasteiger partial charge on any atom is 0.155 e. The van der Waals surface area contributed by atoms with Crippen molar-refractivity contribution in [1.82, 2.24) is 14.6 Å². The van der Waals surface area contributed by atoms with Gasteiger partial charge in [-0.15, -0.1) is 0 Å². The molecule has 0 fully saturated rings. The van der Waals surface area contributed by atoms with Crippen LogP contribution in [-0.2, 0) is 0 Å². The fourth-order valence-electron chi connectivity index (χ4n) is 1.70. The summed E-state index contributed by atoms with van der Waals surface area (Å²) in [7, 11) is 0. The number of fused-ring (bicyclic) bond motifs is 1. The predicted octanol–water partition coefficient (Wildman–Crippen LogP) is 2.54. The minimum Gasteiger partial charge on any atom is -0.237 e. The van der Waals surface area contributed by atoms with Crippen molar-refractivity contribution in [2.24, 2.45) is 0 Å². The summed E-state index contributed by atoms with van der Waals surface area (Å²) in [5.41, 5.74) is 2.37. The van der Waals surface area contributed by atoms with Crippen LogP contribution in [0.25, 0.3) is 16.9 Å². The first-order valence-electron chi connectivity index (χ1n) is 4.89. The Bertz CT molecular complexity index is 645. The van der Waals surface area contributed by atoms with E-state index in [9.17, 15) is 4.39 Å². The van der Waals surface area contributed by atoms with Crippen molar-refractivity contribution in [2.75, 3.05) is 0 Å². The molecule has 0 aliphatic heterocycles. The van der Waals surface area contributed by atoms with Crippen molar-refractivity contribution >= 4 is 5.65 Å². The molecule has 4 heteroatoms. The van der Waals surface area contributed by atoms with Crippen LogP contribution in [0.1, 0.15) is 0 Å². The van der Waals surface area contributed by atoms with Crippen LogP contribution < -0.4 is 0 Å². The predicted molar refractivity (Wildman–Crippen MR) is 58.4 cm³/mol. The summed E-state index contributed by atoms with van der Waals surface area (Å²) in [6.07, 6.45) is 3.36. The summed E-state index contributed by atoms with van der Waals surface area (Å²) >= 11 is 0. The first-order valence-corrected chi connectivity index (χ1v) is 4.89. The highest BCUT2D eigenvalue weighted by Crippen LogP contribution is 2.19. The van der Waals surface area contributed by atoms with Crippen molar-refractivity contribution in [3.63, 3.8) is 0 Å². The van der Waals surface area contributed by atoms with Gasteiger partial charge in [-0.25, -0.2) is 13.9 Å².